The van der Waals surface area contributed by atoms with E-state index in [4.69, 9.17) is 0 Å². The Labute approximate surface area is 104 Å². The number of fused-ring (bicyclic) bond motifs is 1. The zero-order valence-corrected chi connectivity index (χ0v) is 10.9. The van der Waals surface area contributed by atoms with Gasteiger partial charge in [0.05, 0.1) is 5.60 Å². The molecule has 2 rings (SSSR count). The first-order valence-electron chi connectivity index (χ1n) is 6.67. The van der Waals surface area contributed by atoms with Crippen LogP contribution in [-0.4, -0.2) is 22.4 Å². The Hall–Kier alpha value is -0.600. The van der Waals surface area contributed by atoms with E-state index >= 15 is 0 Å². The van der Waals surface area contributed by atoms with Crippen LogP contribution in [0.4, 0.5) is 0 Å². The Morgan fingerprint density at radius 1 is 1.53 bits per heavy atom. The normalized spacial score (nSPS) is 39.5. The minimum Gasteiger partial charge on any atom is -0.396 e. The lowest BCUT2D eigenvalue weighted by molar-refractivity contribution is 0.0329. The number of aliphatic hydroxyl groups excluding tert-OH is 1. The van der Waals surface area contributed by atoms with Crippen molar-refractivity contribution >= 4 is 0 Å². The van der Waals surface area contributed by atoms with E-state index in [1.54, 1.807) is 0 Å². The lowest BCUT2D eigenvalue weighted by atomic mass is 9.83. The number of aliphatic hydroxyl groups is 2. The predicted octanol–water partition coefficient (Wildman–Crippen LogP) is 2.67. The number of allylic oxidation sites excluding steroid dienone is 1. The van der Waals surface area contributed by atoms with Gasteiger partial charge < -0.3 is 10.2 Å². The average molecular weight is 236 g/mol. The van der Waals surface area contributed by atoms with Gasteiger partial charge in [0.25, 0.3) is 0 Å². The van der Waals surface area contributed by atoms with E-state index in [9.17, 15) is 10.2 Å². The van der Waals surface area contributed by atoms with Crippen molar-refractivity contribution in [2.75, 3.05) is 6.61 Å². The molecule has 2 aliphatic rings. The number of rotatable bonds is 2. The van der Waals surface area contributed by atoms with Crippen molar-refractivity contribution in [1.29, 1.82) is 0 Å². The predicted molar refractivity (Wildman–Crippen MR) is 69.5 cm³/mol. The van der Waals surface area contributed by atoms with Crippen LogP contribution in [0.5, 0.6) is 0 Å². The Morgan fingerprint density at radius 3 is 2.88 bits per heavy atom. The van der Waals surface area contributed by atoms with Crippen molar-refractivity contribution in [2.45, 2.75) is 45.1 Å². The second-order valence-corrected chi connectivity index (χ2v) is 6.01. The van der Waals surface area contributed by atoms with Crippen molar-refractivity contribution in [3.63, 3.8) is 0 Å². The topological polar surface area (TPSA) is 40.5 Å². The second-order valence-electron chi connectivity index (χ2n) is 6.01. The summed E-state index contributed by atoms with van der Waals surface area (Å²) in [5.41, 5.74) is 1.98. The van der Waals surface area contributed by atoms with Gasteiger partial charge in [0.2, 0.25) is 0 Å². The lowest BCUT2D eigenvalue weighted by Gasteiger charge is -2.27. The van der Waals surface area contributed by atoms with Crippen LogP contribution < -0.4 is 0 Å². The summed E-state index contributed by atoms with van der Waals surface area (Å²) >= 11 is 0. The SMILES string of the molecule is C=C1CCC(C(C)CO)=C[C@H]2[C@H]1CC[C@]2(C)O. The lowest BCUT2D eigenvalue weighted by Crippen LogP contribution is -2.30. The van der Waals surface area contributed by atoms with E-state index in [1.165, 1.54) is 11.1 Å². The highest BCUT2D eigenvalue weighted by Crippen LogP contribution is 2.48. The van der Waals surface area contributed by atoms with E-state index in [0.717, 1.165) is 25.7 Å². The van der Waals surface area contributed by atoms with E-state index in [2.05, 4.69) is 19.6 Å². The van der Waals surface area contributed by atoms with Gasteiger partial charge in [0.15, 0.2) is 0 Å². The van der Waals surface area contributed by atoms with E-state index < -0.39 is 5.60 Å². The highest BCUT2D eigenvalue weighted by molar-refractivity contribution is 5.24. The molecule has 96 valence electrons. The first kappa shape index (κ1) is 12.8. The minimum atomic E-state index is -0.599. The molecule has 1 unspecified atom stereocenters. The summed E-state index contributed by atoms with van der Waals surface area (Å²) in [6.07, 6.45) is 6.14. The van der Waals surface area contributed by atoms with E-state index in [1.807, 2.05) is 6.92 Å². The molecular formula is C15H24O2. The summed E-state index contributed by atoms with van der Waals surface area (Å²) in [6.45, 7) is 8.38. The average Bonchev–Trinajstić information content (AvgIpc) is 2.47. The quantitative estimate of drug-likeness (QED) is 0.724. The zero-order chi connectivity index (χ0) is 12.6. The molecule has 0 amide bonds. The molecule has 1 saturated carbocycles. The summed E-state index contributed by atoms with van der Waals surface area (Å²) in [4.78, 5) is 0. The third kappa shape index (κ3) is 2.34. The molecule has 2 N–H and O–H groups in total. The molecule has 2 heteroatoms. The third-order valence-electron chi connectivity index (χ3n) is 4.67. The monoisotopic (exact) mass is 236 g/mol. The zero-order valence-electron chi connectivity index (χ0n) is 10.9. The molecule has 0 saturated heterocycles. The van der Waals surface area contributed by atoms with Crippen LogP contribution in [0.3, 0.4) is 0 Å². The fraction of sp³-hybridized carbons (Fsp3) is 0.733. The molecule has 0 radical (unpaired) electrons. The van der Waals surface area contributed by atoms with Crippen LogP contribution in [0, 0.1) is 17.8 Å². The molecule has 0 aromatic carbocycles. The summed E-state index contributed by atoms with van der Waals surface area (Å²) in [7, 11) is 0. The third-order valence-corrected chi connectivity index (χ3v) is 4.67. The molecular weight excluding hydrogens is 212 g/mol. The maximum Gasteiger partial charge on any atom is 0.0688 e. The largest absolute Gasteiger partial charge is 0.396 e. The van der Waals surface area contributed by atoms with Crippen LogP contribution in [0.2, 0.25) is 0 Å². The molecule has 0 aliphatic heterocycles. The van der Waals surface area contributed by atoms with E-state index in [-0.39, 0.29) is 18.4 Å². The van der Waals surface area contributed by atoms with Gasteiger partial charge in [-0.05, 0) is 38.5 Å². The maximum atomic E-state index is 10.5. The molecule has 1 fully saturated rings. The highest BCUT2D eigenvalue weighted by Gasteiger charge is 2.44. The van der Waals surface area contributed by atoms with Crippen molar-refractivity contribution in [1.82, 2.24) is 0 Å². The van der Waals surface area contributed by atoms with Gasteiger partial charge in [-0.2, -0.15) is 0 Å². The van der Waals surface area contributed by atoms with Crippen molar-refractivity contribution in [2.24, 2.45) is 17.8 Å². The number of hydrogen-bond acceptors (Lipinski definition) is 2. The van der Waals surface area contributed by atoms with Crippen LogP contribution in [-0.2, 0) is 0 Å². The molecule has 0 bridgehead atoms. The molecule has 2 aliphatic carbocycles. The molecule has 4 atom stereocenters. The van der Waals surface area contributed by atoms with Crippen molar-refractivity contribution in [3.05, 3.63) is 23.8 Å². The molecule has 0 aromatic heterocycles. The van der Waals surface area contributed by atoms with Gasteiger partial charge in [-0.25, -0.2) is 0 Å². The standard InChI is InChI=1S/C15H24O2/c1-10-4-5-12(11(2)9-16)8-14-13(10)6-7-15(14,3)17/h8,11,13-14,16-17H,1,4-7,9H2,2-3H3/t11?,13-,14-,15-/m0/s1. The highest BCUT2D eigenvalue weighted by atomic mass is 16.3. The van der Waals surface area contributed by atoms with Crippen molar-refractivity contribution < 1.29 is 10.2 Å². The summed E-state index contributed by atoms with van der Waals surface area (Å²) < 4.78 is 0. The summed E-state index contributed by atoms with van der Waals surface area (Å²) in [5, 5.41) is 19.7. The molecule has 0 heterocycles. The molecule has 0 spiro atoms. The van der Waals surface area contributed by atoms with Gasteiger partial charge in [-0.1, -0.05) is 30.7 Å². The van der Waals surface area contributed by atoms with Gasteiger partial charge in [-0.15, -0.1) is 0 Å². The van der Waals surface area contributed by atoms with Crippen LogP contribution in [0.1, 0.15) is 39.5 Å². The van der Waals surface area contributed by atoms with Gasteiger partial charge >= 0.3 is 0 Å². The Bertz CT molecular complexity index is 341. The van der Waals surface area contributed by atoms with Gasteiger partial charge in [-0.3, -0.25) is 0 Å². The fourth-order valence-electron chi connectivity index (χ4n) is 3.31. The molecule has 17 heavy (non-hydrogen) atoms. The second kappa shape index (κ2) is 4.58. The first-order valence-corrected chi connectivity index (χ1v) is 6.67. The smallest absolute Gasteiger partial charge is 0.0688 e. The Morgan fingerprint density at radius 2 is 2.24 bits per heavy atom. The molecule has 2 nitrogen and oxygen atoms in total. The fourth-order valence-corrected chi connectivity index (χ4v) is 3.31. The van der Waals surface area contributed by atoms with Crippen LogP contribution >= 0.6 is 0 Å². The maximum absolute atomic E-state index is 10.5. The van der Waals surface area contributed by atoms with Crippen LogP contribution in [0.25, 0.3) is 0 Å². The Kier molecular flexibility index (Phi) is 3.46. The van der Waals surface area contributed by atoms with Gasteiger partial charge in [0, 0.05) is 18.4 Å². The van der Waals surface area contributed by atoms with Crippen LogP contribution in [0.15, 0.2) is 23.8 Å². The van der Waals surface area contributed by atoms with Gasteiger partial charge in [0.1, 0.15) is 0 Å². The summed E-state index contributed by atoms with van der Waals surface area (Å²) in [6, 6.07) is 0. The van der Waals surface area contributed by atoms with E-state index in [0.29, 0.717) is 5.92 Å². The number of hydrogen-bond donors (Lipinski definition) is 2. The summed E-state index contributed by atoms with van der Waals surface area (Å²) in [5.74, 6) is 0.841. The minimum absolute atomic E-state index is 0.192. The van der Waals surface area contributed by atoms with Crippen molar-refractivity contribution in [3.8, 4) is 0 Å². The molecule has 0 aromatic rings. The first-order chi connectivity index (χ1) is 7.95. The Balaban J connectivity index is 2.31.